The van der Waals surface area contributed by atoms with Crippen LogP contribution in [-0.4, -0.2) is 42.7 Å². The SMILES string of the molecule is CC.CNCCCC(=O)O.O=CCO. The maximum atomic E-state index is 9.85. The van der Waals surface area contributed by atoms with Crippen molar-refractivity contribution < 1.29 is 19.8 Å². The first kappa shape index (κ1) is 18.8. The van der Waals surface area contributed by atoms with Crippen molar-refractivity contribution in [2.75, 3.05) is 20.2 Å². The van der Waals surface area contributed by atoms with Crippen molar-refractivity contribution in [2.45, 2.75) is 26.7 Å². The molecule has 0 rings (SSSR count). The zero-order valence-corrected chi connectivity index (χ0v) is 9.12. The van der Waals surface area contributed by atoms with E-state index in [1.165, 1.54) is 0 Å². The van der Waals surface area contributed by atoms with Crippen LogP contribution in [0.25, 0.3) is 0 Å². The predicted octanol–water partition coefficient (Wildman–Crippen LogP) is 0.274. The van der Waals surface area contributed by atoms with Crippen LogP contribution in [0.3, 0.4) is 0 Å². The fraction of sp³-hybridized carbons (Fsp3) is 0.778. The smallest absolute Gasteiger partial charge is 0.303 e. The molecule has 0 saturated carbocycles. The van der Waals surface area contributed by atoms with Crippen molar-refractivity contribution in [2.24, 2.45) is 0 Å². The molecule has 3 N–H and O–H groups in total. The Balaban J connectivity index is -0.000000170. The standard InChI is InChI=1S/C5H11NO2.C2H4O2.C2H6/c1-6-4-2-3-5(7)8;3-1-2-4;1-2/h6H,2-4H2,1H3,(H,7,8);1,4H,2H2;1-2H3. The first-order chi connectivity index (χ1) is 6.68. The molecule has 0 saturated heterocycles. The summed E-state index contributed by atoms with van der Waals surface area (Å²) in [6, 6.07) is 0. The van der Waals surface area contributed by atoms with Crippen LogP contribution in [0.4, 0.5) is 0 Å². The van der Waals surface area contributed by atoms with Crippen LogP contribution in [0.2, 0.25) is 0 Å². The summed E-state index contributed by atoms with van der Waals surface area (Å²) in [5.41, 5.74) is 0. The molecular weight excluding hydrogens is 186 g/mol. The van der Waals surface area contributed by atoms with Crippen LogP contribution in [0.1, 0.15) is 26.7 Å². The van der Waals surface area contributed by atoms with Gasteiger partial charge in [-0.3, -0.25) is 4.79 Å². The lowest BCUT2D eigenvalue weighted by atomic mass is 10.3. The minimum atomic E-state index is -0.722. The van der Waals surface area contributed by atoms with Crippen LogP contribution in [-0.2, 0) is 9.59 Å². The molecule has 5 nitrogen and oxygen atoms in total. The molecule has 14 heavy (non-hydrogen) atoms. The lowest BCUT2D eigenvalue weighted by molar-refractivity contribution is -0.137. The number of nitrogens with one attached hydrogen (secondary N) is 1. The molecule has 0 aromatic rings. The third kappa shape index (κ3) is 43.7. The molecule has 0 radical (unpaired) electrons. The van der Waals surface area contributed by atoms with Crippen LogP contribution >= 0.6 is 0 Å². The molecule has 0 amide bonds. The largest absolute Gasteiger partial charge is 0.481 e. The number of aldehydes is 1. The van der Waals surface area contributed by atoms with E-state index in [4.69, 9.17) is 15.0 Å². The molecule has 5 heteroatoms. The topological polar surface area (TPSA) is 86.6 Å². The third-order valence-electron chi connectivity index (χ3n) is 0.892. The van der Waals surface area contributed by atoms with Crippen molar-refractivity contribution in [3.05, 3.63) is 0 Å². The number of aliphatic hydroxyl groups excluding tert-OH is 1. The van der Waals surface area contributed by atoms with Crippen LogP contribution < -0.4 is 5.32 Å². The highest BCUT2D eigenvalue weighted by Gasteiger charge is 1.92. The number of carbonyl (C=O) groups excluding carboxylic acids is 1. The van der Waals surface area contributed by atoms with Gasteiger partial charge in [0.2, 0.25) is 0 Å². The second-order valence-corrected chi connectivity index (χ2v) is 1.95. The van der Waals surface area contributed by atoms with E-state index in [1.807, 2.05) is 20.9 Å². The maximum absolute atomic E-state index is 9.85. The summed E-state index contributed by atoms with van der Waals surface area (Å²) in [5, 5.41) is 18.5. The fourth-order valence-electron chi connectivity index (χ4n) is 0.416. The summed E-state index contributed by atoms with van der Waals surface area (Å²) in [6.45, 7) is 4.42. The molecule has 0 aromatic carbocycles. The molecule has 0 spiro atoms. The number of aliphatic carboxylic acids is 1. The molecule has 0 aliphatic carbocycles. The van der Waals surface area contributed by atoms with E-state index in [9.17, 15) is 4.79 Å². The molecule has 0 aliphatic rings. The minimum Gasteiger partial charge on any atom is -0.481 e. The first-order valence-electron chi connectivity index (χ1n) is 4.60. The van der Waals surface area contributed by atoms with Gasteiger partial charge in [0, 0.05) is 6.42 Å². The second kappa shape index (κ2) is 22.7. The van der Waals surface area contributed by atoms with E-state index in [2.05, 4.69) is 5.32 Å². The van der Waals surface area contributed by atoms with Gasteiger partial charge < -0.3 is 20.3 Å². The van der Waals surface area contributed by atoms with Gasteiger partial charge in [-0.15, -0.1) is 0 Å². The number of carboxylic acids is 1. The van der Waals surface area contributed by atoms with Gasteiger partial charge in [-0.1, -0.05) is 13.8 Å². The molecule has 0 heterocycles. The van der Waals surface area contributed by atoms with Crippen molar-refractivity contribution in [3.8, 4) is 0 Å². The quantitative estimate of drug-likeness (QED) is 0.445. The van der Waals surface area contributed by atoms with E-state index >= 15 is 0 Å². The Hall–Kier alpha value is -0.940. The Morgan fingerprint density at radius 3 is 2.07 bits per heavy atom. The Labute approximate surface area is 85.1 Å². The maximum Gasteiger partial charge on any atom is 0.303 e. The highest BCUT2D eigenvalue weighted by atomic mass is 16.4. The van der Waals surface area contributed by atoms with Crippen LogP contribution in [0.15, 0.2) is 0 Å². The van der Waals surface area contributed by atoms with Gasteiger partial charge in [0.25, 0.3) is 0 Å². The van der Waals surface area contributed by atoms with Gasteiger partial charge >= 0.3 is 5.97 Å². The number of aliphatic hydroxyl groups is 1. The van der Waals surface area contributed by atoms with Crippen molar-refractivity contribution >= 4 is 12.3 Å². The summed E-state index contributed by atoms with van der Waals surface area (Å²) in [6.07, 6.45) is 1.41. The molecule has 0 aromatic heterocycles. The predicted molar refractivity (Wildman–Crippen MR) is 55.3 cm³/mol. The molecular formula is C9H21NO4. The molecule has 0 aliphatic heterocycles. The second-order valence-electron chi connectivity index (χ2n) is 1.95. The number of rotatable bonds is 5. The molecule has 86 valence electrons. The lowest BCUT2D eigenvalue weighted by Crippen LogP contribution is -2.09. The van der Waals surface area contributed by atoms with Gasteiger partial charge in [-0.25, -0.2) is 0 Å². The zero-order chi connectivity index (χ0) is 11.8. The Morgan fingerprint density at radius 2 is 1.86 bits per heavy atom. The zero-order valence-electron chi connectivity index (χ0n) is 9.12. The molecule has 0 unspecified atom stereocenters. The third-order valence-corrected chi connectivity index (χ3v) is 0.892. The average molecular weight is 207 g/mol. The summed E-state index contributed by atoms with van der Waals surface area (Å²) >= 11 is 0. The average Bonchev–Trinajstić information content (AvgIpc) is 2.21. The number of carbonyl (C=O) groups is 2. The number of hydrogen-bond donors (Lipinski definition) is 3. The van der Waals surface area contributed by atoms with E-state index in [0.29, 0.717) is 12.7 Å². The van der Waals surface area contributed by atoms with Gasteiger partial charge in [0.05, 0.1) is 6.61 Å². The van der Waals surface area contributed by atoms with Gasteiger partial charge in [-0.05, 0) is 20.0 Å². The Kier molecular flexibility index (Phi) is 30.4. The highest BCUT2D eigenvalue weighted by Crippen LogP contribution is 1.83. The highest BCUT2D eigenvalue weighted by molar-refractivity contribution is 5.66. The first-order valence-corrected chi connectivity index (χ1v) is 4.60. The fourth-order valence-corrected chi connectivity index (χ4v) is 0.416. The molecule has 0 bridgehead atoms. The van der Waals surface area contributed by atoms with Crippen molar-refractivity contribution in [3.63, 3.8) is 0 Å². The number of carboxylic acid groups (broad SMARTS) is 1. The van der Waals surface area contributed by atoms with Crippen LogP contribution in [0.5, 0.6) is 0 Å². The van der Waals surface area contributed by atoms with Crippen molar-refractivity contribution in [1.82, 2.24) is 5.32 Å². The Morgan fingerprint density at radius 1 is 1.43 bits per heavy atom. The van der Waals surface area contributed by atoms with Gasteiger partial charge in [0.15, 0.2) is 0 Å². The van der Waals surface area contributed by atoms with Gasteiger partial charge in [-0.2, -0.15) is 0 Å². The molecule has 0 fully saturated rings. The Bertz CT molecular complexity index is 117. The van der Waals surface area contributed by atoms with Crippen LogP contribution in [0, 0.1) is 0 Å². The van der Waals surface area contributed by atoms with E-state index in [1.54, 1.807) is 0 Å². The van der Waals surface area contributed by atoms with Crippen molar-refractivity contribution in [1.29, 1.82) is 0 Å². The summed E-state index contributed by atoms with van der Waals surface area (Å²) in [5.74, 6) is -0.722. The van der Waals surface area contributed by atoms with E-state index < -0.39 is 5.97 Å². The monoisotopic (exact) mass is 207 g/mol. The van der Waals surface area contributed by atoms with E-state index in [0.717, 1.165) is 6.54 Å². The normalized spacial score (nSPS) is 7.43. The summed E-state index contributed by atoms with van der Waals surface area (Å²) in [4.78, 5) is 18.8. The summed E-state index contributed by atoms with van der Waals surface area (Å²) < 4.78 is 0. The van der Waals surface area contributed by atoms with E-state index in [-0.39, 0.29) is 13.0 Å². The minimum absolute atomic E-state index is 0.265. The van der Waals surface area contributed by atoms with Gasteiger partial charge in [0.1, 0.15) is 6.29 Å². The number of hydrogen-bond acceptors (Lipinski definition) is 4. The summed E-state index contributed by atoms with van der Waals surface area (Å²) in [7, 11) is 1.81. The lowest BCUT2D eigenvalue weighted by Gasteiger charge is -1.92. The molecule has 0 atom stereocenters.